The number of hydrogen-bond acceptors (Lipinski definition) is 4. The van der Waals surface area contributed by atoms with Crippen molar-refractivity contribution < 1.29 is 9.59 Å². The fraction of sp³-hybridized carbons (Fsp3) is 0.556. The van der Waals surface area contributed by atoms with E-state index in [2.05, 4.69) is 4.90 Å². The molecule has 2 aliphatic heterocycles. The summed E-state index contributed by atoms with van der Waals surface area (Å²) in [4.78, 5) is 30.6. The van der Waals surface area contributed by atoms with E-state index >= 15 is 0 Å². The van der Waals surface area contributed by atoms with E-state index in [4.69, 9.17) is 5.73 Å². The van der Waals surface area contributed by atoms with Gasteiger partial charge >= 0.3 is 0 Å². The molecule has 1 aromatic rings. The predicted octanol–water partition coefficient (Wildman–Crippen LogP) is 1.42. The number of carbonyl (C=O) groups is 2. The number of benzene rings is 1. The first-order chi connectivity index (χ1) is 11.6. The van der Waals surface area contributed by atoms with E-state index in [1.165, 1.54) is 0 Å². The van der Waals surface area contributed by atoms with Crippen LogP contribution in [-0.4, -0.2) is 72.3 Å². The van der Waals surface area contributed by atoms with Gasteiger partial charge in [-0.2, -0.15) is 0 Å². The van der Waals surface area contributed by atoms with E-state index in [0.717, 1.165) is 44.6 Å². The molecule has 0 bridgehead atoms. The molecule has 1 aromatic carbocycles. The molecule has 2 saturated heterocycles. The highest BCUT2D eigenvalue weighted by atomic mass is 35.5. The molecule has 2 heterocycles. The van der Waals surface area contributed by atoms with Crippen LogP contribution in [0.5, 0.6) is 0 Å². The van der Waals surface area contributed by atoms with Crippen molar-refractivity contribution in [3.8, 4) is 0 Å². The van der Waals surface area contributed by atoms with Crippen molar-refractivity contribution >= 4 is 42.3 Å². The second kappa shape index (κ2) is 10.6. The van der Waals surface area contributed by atoms with Crippen LogP contribution in [0.3, 0.4) is 0 Å². The van der Waals surface area contributed by atoms with Crippen LogP contribution in [0.4, 0.5) is 5.69 Å². The Bertz CT molecular complexity index is 583. The van der Waals surface area contributed by atoms with Crippen LogP contribution in [0.1, 0.15) is 18.4 Å². The van der Waals surface area contributed by atoms with Crippen LogP contribution in [0.15, 0.2) is 24.3 Å². The molecule has 0 spiro atoms. The van der Waals surface area contributed by atoms with Gasteiger partial charge in [-0.3, -0.25) is 14.5 Å². The van der Waals surface area contributed by atoms with Gasteiger partial charge in [0.1, 0.15) is 0 Å². The van der Waals surface area contributed by atoms with Crippen LogP contribution in [-0.2, 0) is 16.0 Å². The molecule has 146 valence electrons. The van der Waals surface area contributed by atoms with Crippen LogP contribution < -0.4 is 5.73 Å². The number of halogens is 2. The Morgan fingerprint density at radius 1 is 0.808 bits per heavy atom. The number of nitrogens with two attached hydrogens (primary N) is 1. The van der Waals surface area contributed by atoms with Gasteiger partial charge in [-0.05, 0) is 30.5 Å². The lowest BCUT2D eigenvalue weighted by Crippen LogP contribution is -2.51. The predicted molar refractivity (Wildman–Crippen MR) is 108 cm³/mol. The molecular weight excluding hydrogens is 375 g/mol. The minimum absolute atomic E-state index is 0. The van der Waals surface area contributed by atoms with E-state index < -0.39 is 0 Å². The van der Waals surface area contributed by atoms with Gasteiger partial charge in [0.15, 0.2) is 0 Å². The molecule has 0 saturated carbocycles. The van der Waals surface area contributed by atoms with E-state index in [-0.39, 0.29) is 36.6 Å². The maximum atomic E-state index is 12.4. The van der Waals surface area contributed by atoms with Crippen molar-refractivity contribution in [1.82, 2.24) is 14.7 Å². The van der Waals surface area contributed by atoms with E-state index in [1.54, 1.807) is 0 Å². The van der Waals surface area contributed by atoms with Crippen molar-refractivity contribution in [2.45, 2.75) is 19.3 Å². The number of likely N-dealkylation sites (tertiary alicyclic amines) is 1. The normalized spacial score (nSPS) is 17.4. The van der Waals surface area contributed by atoms with Crippen LogP contribution in [0, 0.1) is 0 Å². The van der Waals surface area contributed by atoms with E-state index in [0.29, 0.717) is 31.7 Å². The van der Waals surface area contributed by atoms with E-state index in [9.17, 15) is 9.59 Å². The van der Waals surface area contributed by atoms with Gasteiger partial charge in [0.25, 0.3) is 0 Å². The van der Waals surface area contributed by atoms with Crippen LogP contribution in [0.25, 0.3) is 0 Å². The molecule has 2 fully saturated rings. The van der Waals surface area contributed by atoms with Gasteiger partial charge in [0, 0.05) is 45.0 Å². The Morgan fingerprint density at radius 3 is 1.92 bits per heavy atom. The summed E-state index contributed by atoms with van der Waals surface area (Å²) in [7, 11) is 0. The monoisotopic (exact) mass is 402 g/mol. The summed E-state index contributed by atoms with van der Waals surface area (Å²) >= 11 is 0. The smallest absolute Gasteiger partial charge is 0.236 e. The molecule has 3 rings (SSSR count). The number of nitrogens with zero attached hydrogens (tertiary/aromatic N) is 3. The largest absolute Gasteiger partial charge is 0.399 e. The molecule has 2 N–H and O–H groups in total. The summed E-state index contributed by atoms with van der Waals surface area (Å²) in [6.07, 6.45) is 2.66. The molecular formula is C18H28Cl2N4O2. The third-order valence-corrected chi connectivity index (χ3v) is 4.88. The zero-order valence-corrected chi connectivity index (χ0v) is 16.6. The molecule has 0 aromatic heterocycles. The lowest BCUT2D eigenvalue weighted by atomic mass is 10.1. The fourth-order valence-corrected chi connectivity index (χ4v) is 3.34. The maximum Gasteiger partial charge on any atom is 0.236 e. The average Bonchev–Trinajstić information content (AvgIpc) is 3.12. The van der Waals surface area contributed by atoms with Crippen molar-refractivity contribution in [2.75, 3.05) is 51.5 Å². The first-order valence-electron chi connectivity index (χ1n) is 8.74. The third-order valence-electron chi connectivity index (χ3n) is 4.88. The molecule has 0 unspecified atom stereocenters. The van der Waals surface area contributed by atoms with Gasteiger partial charge in [0.05, 0.1) is 13.0 Å². The number of hydrogen-bond donors (Lipinski definition) is 1. The summed E-state index contributed by atoms with van der Waals surface area (Å²) in [5.41, 5.74) is 7.37. The lowest BCUT2D eigenvalue weighted by Gasteiger charge is -2.35. The second-order valence-corrected chi connectivity index (χ2v) is 6.66. The van der Waals surface area contributed by atoms with Crippen LogP contribution >= 0.6 is 24.8 Å². The summed E-state index contributed by atoms with van der Waals surface area (Å²) in [6.45, 7) is 5.22. The summed E-state index contributed by atoms with van der Waals surface area (Å²) in [6, 6.07) is 7.45. The SMILES string of the molecule is Cl.Cl.Nc1ccc(CC(=O)N2CCN(CC(=O)N3CCCC3)CC2)cc1. The zero-order valence-electron chi connectivity index (χ0n) is 14.9. The van der Waals surface area contributed by atoms with Crippen LogP contribution in [0.2, 0.25) is 0 Å². The third kappa shape index (κ3) is 6.04. The lowest BCUT2D eigenvalue weighted by molar-refractivity contribution is -0.134. The Morgan fingerprint density at radius 2 is 1.35 bits per heavy atom. The number of piperazine rings is 1. The van der Waals surface area contributed by atoms with Crippen molar-refractivity contribution in [3.05, 3.63) is 29.8 Å². The number of amides is 2. The standard InChI is InChI=1S/C18H26N4O2.2ClH/c19-16-5-3-15(4-6-16)13-17(23)22-11-9-20(10-12-22)14-18(24)21-7-1-2-8-21;;/h3-6H,1-2,7-14,19H2;2*1H. The summed E-state index contributed by atoms with van der Waals surface area (Å²) in [5.74, 6) is 0.374. The highest BCUT2D eigenvalue weighted by Gasteiger charge is 2.25. The van der Waals surface area contributed by atoms with Crippen molar-refractivity contribution in [2.24, 2.45) is 0 Å². The number of anilines is 1. The Labute approximate surface area is 167 Å². The minimum Gasteiger partial charge on any atom is -0.399 e. The zero-order chi connectivity index (χ0) is 16.9. The molecule has 8 heteroatoms. The first-order valence-corrected chi connectivity index (χ1v) is 8.74. The number of nitrogen functional groups attached to an aromatic ring is 1. The van der Waals surface area contributed by atoms with Crippen molar-refractivity contribution in [1.29, 1.82) is 0 Å². The van der Waals surface area contributed by atoms with Gasteiger partial charge in [-0.1, -0.05) is 12.1 Å². The molecule has 0 radical (unpaired) electrons. The van der Waals surface area contributed by atoms with Gasteiger partial charge < -0.3 is 15.5 Å². The van der Waals surface area contributed by atoms with Gasteiger partial charge in [0.2, 0.25) is 11.8 Å². The highest BCUT2D eigenvalue weighted by molar-refractivity contribution is 5.85. The van der Waals surface area contributed by atoms with E-state index in [1.807, 2.05) is 34.1 Å². The molecule has 26 heavy (non-hydrogen) atoms. The summed E-state index contributed by atoms with van der Waals surface area (Å²) < 4.78 is 0. The fourth-order valence-electron chi connectivity index (χ4n) is 3.34. The van der Waals surface area contributed by atoms with Gasteiger partial charge in [-0.25, -0.2) is 0 Å². The molecule has 0 aliphatic carbocycles. The molecule has 2 amide bonds. The Hall–Kier alpha value is -1.50. The quantitative estimate of drug-likeness (QED) is 0.773. The second-order valence-electron chi connectivity index (χ2n) is 6.66. The summed E-state index contributed by atoms with van der Waals surface area (Å²) in [5, 5.41) is 0. The first kappa shape index (κ1) is 22.5. The minimum atomic E-state index is 0. The van der Waals surface area contributed by atoms with Gasteiger partial charge in [-0.15, -0.1) is 24.8 Å². The Kier molecular flexibility index (Phi) is 9.19. The maximum absolute atomic E-state index is 12.4. The number of carbonyl (C=O) groups excluding carboxylic acids is 2. The topological polar surface area (TPSA) is 69.9 Å². The average molecular weight is 403 g/mol. The molecule has 6 nitrogen and oxygen atoms in total. The number of rotatable bonds is 4. The van der Waals surface area contributed by atoms with Crippen molar-refractivity contribution in [3.63, 3.8) is 0 Å². The molecule has 2 aliphatic rings. The highest BCUT2D eigenvalue weighted by Crippen LogP contribution is 2.11. The Balaban J connectivity index is 0.00000169. The molecule has 0 atom stereocenters.